The van der Waals surface area contributed by atoms with Gasteiger partial charge in [0, 0.05) is 0 Å². The zero-order valence-electron chi connectivity index (χ0n) is 12.0. The lowest BCUT2D eigenvalue weighted by atomic mass is 10.1. The minimum Gasteiger partial charge on any atom is -0.491 e. The van der Waals surface area contributed by atoms with Crippen LogP contribution in [0.2, 0.25) is 0 Å². The van der Waals surface area contributed by atoms with Crippen molar-refractivity contribution in [3.05, 3.63) is 53.1 Å². The molecule has 4 nitrogen and oxygen atoms in total. The molecule has 9 heteroatoms. The summed E-state index contributed by atoms with van der Waals surface area (Å²) in [6.07, 6.45) is 0. The van der Waals surface area contributed by atoms with Crippen molar-refractivity contribution in [2.45, 2.75) is 0 Å². The van der Waals surface area contributed by atoms with Crippen LogP contribution in [0.4, 0.5) is 22.7 Å². The van der Waals surface area contributed by atoms with Gasteiger partial charge in [0.2, 0.25) is 11.6 Å². The van der Waals surface area contributed by atoms with Crippen LogP contribution in [-0.2, 0) is 0 Å². The van der Waals surface area contributed by atoms with Crippen molar-refractivity contribution in [1.82, 2.24) is 4.98 Å². The van der Waals surface area contributed by atoms with Gasteiger partial charge in [-0.3, -0.25) is 10.1 Å². The van der Waals surface area contributed by atoms with Gasteiger partial charge in [0.25, 0.3) is 5.91 Å². The number of para-hydroxylation sites is 1. The molecule has 0 aliphatic rings. The van der Waals surface area contributed by atoms with Crippen molar-refractivity contribution in [3.8, 4) is 5.75 Å². The van der Waals surface area contributed by atoms with Gasteiger partial charge < -0.3 is 4.74 Å². The molecule has 1 amide bonds. The topological polar surface area (TPSA) is 51.2 Å². The lowest BCUT2D eigenvalue weighted by molar-refractivity contribution is 0.101. The molecule has 1 heterocycles. The molecule has 1 aromatic heterocycles. The average molecular weight is 356 g/mol. The monoisotopic (exact) mass is 356 g/mol. The number of carbonyl (C=O) groups is 1. The Morgan fingerprint density at radius 1 is 1.08 bits per heavy atom. The summed E-state index contributed by atoms with van der Waals surface area (Å²) in [5.41, 5.74) is -0.823. The average Bonchev–Trinajstić information content (AvgIpc) is 2.96. The van der Waals surface area contributed by atoms with Gasteiger partial charge in [-0.25, -0.2) is 13.8 Å². The Morgan fingerprint density at radius 2 is 1.71 bits per heavy atom. The summed E-state index contributed by atoms with van der Waals surface area (Å²) < 4.78 is 60.1. The second-order valence-corrected chi connectivity index (χ2v) is 5.64. The van der Waals surface area contributed by atoms with Crippen LogP contribution in [0.5, 0.6) is 5.75 Å². The Hall–Kier alpha value is -2.68. The number of amides is 1. The van der Waals surface area contributed by atoms with Gasteiger partial charge in [-0.2, -0.15) is 8.78 Å². The number of nitrogens with zero attached hydrogens (tertiary/aromatic N) is 1. The SMILES string of the molecule is COc1c(F)c(F)c(C(=O)Nc2nc3ccccc3s2)c(F)c1F. The van der Waals surface area contributed by atoms with Crippen LogP contribution >= 0.6 is 11.3 Å². The van der Waals surface area contributed by atoms with E-state index in [1.54, 1.807) is 24.3 Å². The van der Waals surface area contributed by atoms with Crippen molar-refractivity contribution in [1.29, 1.82) is 0 Å². The minimum atomic E-state index is -1.84. The first-order valence-corrected chi connectivity index (χ1v) is 7.32. The standard InChI is InChI=1S/C15H8F4N2O2S/c1-23-13-11(18)9(16)8(10(17)12(13)19)14(22)21-15-20-6-4-2-3-5-7(6)24-15/h2-5H,1H3,(H,20,21,22). The number of thiazole rings is 1. The van der Waals surface area contributed by atoms with E-state index in [0.717, 1.165) is 23.1 Å². The third-order valence-corrected chi connectivity index (χ3v) is 4.12. The van der Waals surface area contributed by atoms with Crippen LogP contribution < -0.4 is 10.1 Å². The first-order chi connectivity index (χ1) is 11.4. The summed E-state index contributed by atoms with van der Waals surface area (Å²) in [5, 5.41) is 2.17. The van der Waals surface area contributed by atoms with Crippen LogP contribution in [0.1, 0.15) is 10.4 Å². The largest absolute Gasteiger partial charge is 0.491 e. The number of anilines is 1. The van der Waals surface area contributed by atoms with Crippen LogP contribution in [0.15, 0.2) is 24.3 Å². The molecule has 0 saturated carbocycles. The Kier molecular flexibility index (Phi) is 4.10. The maximum Gasteiger partial charge on any atom is 0.263 e. The number of methoxy groups -OCH3 is 1. The molecule has 0 atom stereocenters. The molecule has 0 saturated heterocycles. The molecule has 0 fully saturated rings. The van der Waals surface area contributed by atoms with Crippen molar-refractivity contribution in [2.24, 2.45) is 0 Å². The molecule has 0 bridgehead atoms. The van der Waals surface area contributed by atoms with Gasteiger partial charge in [-0.05, 0) is 12.1 Å². The number of ether oxygens (including phenoxy) is 1. The van der Waals surface area contributed by atoms with E-state index in [1.165, 1.54) is 0 Å². The second kappa shape index (κ2) is 6.08. The normalized spacial score (nSPS) is 10.9. The number of rotatable bonds is 3. The third-order valence-electron chi connectivity index (χ3n) is 3.17. The van der Waals surface area contributed by atoms with E-state index in [1.807, 2.05) is 0 Å². The van der Waals surface area contributed by atoms with Gasteiger partial charge in [-0.1, -0.05) is 23.5 Å². The highest BCUT2D eigenvalue weighted by Crippen LogP contribution is 2.31. The van der Waals surface area contributed by atoms with Gasteiger partial charge in [0.15, 0.2) is 22.5 Å². The smallest absolute Gasteiger partial charge is 0.263 e. The van der Waals surface area contributed by atoms with Crippen molar-refractivity contribution in [2.75, 3.05) is 12.4 Å². The van der Waals surface area contributed by atoms with E-state index < -0.39 is 40.5 Å². The molecule has 124 valence electrons. The second-order valence-electron chi connectivity index (χ2n) is 4.61. The summed E-state index contributed by atoms with van der Waals surface area (Å²) in [6.45, 7) is 0. The summed E-state index contributed by atoms with van der Waals surface area (Å²) in [4.78, 5) is 16.1. The van der Waals surface area contributed by atoms with Gasteiger partial charge in [0.1, 0.15) is 5.56 Å². The Labute approximate surface area is 136 Å². The van der Waals surface area contributed by atoms with E-state index >= 15 is 0 Å². The molecular formula is C15H8F4N2O2S. The van der Waals surface area contributed by atoms with E-state index in [0.29, 0.717) is 5.52 Å². The number of hydrogen-bond acceptors (Lipinski definition) is 4. The Bertz CT molecular complexity index is 896. The lowest BCUT2D eigenvalue weighted by Crippen LogP contribution is -2.18. The maximum absolute atomic E-state index is 13.9. The fourth-order valence-electron chi connectivity index (χ4n) is 2.08. The number of carbonyl (C=O) groups excluding carboxylic acids is 1. The predicted molar refractivity (Wildman–Crippen MR) is 80.4 cm³/mol. The molecule has 2 aromatic carbocycles. The van der Waals surface area contributed by atoms with Gasteiger partial charge in [-0.15, -0.1) is 0 Å². The molecule has 24 heavy (non-hydrogen) atoms. The first kappa shape index (κ1) is 16.2. The summed E-state index contributed by atoms with van der Waals surface area (Å²) in [7, 11) is 0.848. The fourth-order valence-corrected chi connectivity index (χ4v) is 2.94. The quantitative estimate of drug-likeness (QED) is 0.568. The van der Waals surface area contributed by atoms with Gasteiger partial charge in [0.05, 0.1) is 17.3 Å². The minimum absolute atomic E-state index is 0.0386. The number of fused-ring (bicyclic) bond motifs is 1. The molecule has 1 N–H and O–H groups in total. The van der Waals surface area contributed by atoms with Crippen LogP contribution in [0.25, 0.3) is 10.2 Å². The molecule has 0 spiro atoms. The summed E-state index contributed by atoms with van der Waals surface area (Å²) in [6, 6.07) is 6.88. The zero-order valence-corrected chi connectivity index (χ0v) is 12.8. The van der Waals surface area contributed by atoms with Crippen molar-refractivity contribution >= 4 is 32.6 Å². The third kappa shape index (κ3) is 2.56. The first-order valence-electron chi connectivity index (χ1n) is 6.51. The fraction of sp³-hybridized carbons (Fsp3) is 0.0667. The summed E-state index contributed by atoms with van der Waals surface area (Å²) >= 11 is 1.05. The molecule has 0 aliphatic heterocycles. The van der Waals surface area contributed by atoms with Crippen LogP contribution in [0, 0.1) is 23.3 Å². The summed E-state index contributed by atoms with van der Waals surface area (Å²) in [5.74, 6) is -9.85. The highest BCUT2D eigenvalue weighted by molar-refractivity contribution is 7.22. The number of hydrogen-bond donors (Lipinski definition) is 1. The lowest BCUT2D eigenvalue weighted by Gasteiger charge is -2.10. The molecule has 0 aliphatic carbocycles. The van der Waals surface area contributed by atoms with Crippen molar-refractivity contribution in [3.63, 3.8) is 0 Å². The Balaban J connectivity index is 2.01. The number of benzene rings is 2. The molecule has 0 unspecified atom stereocenters. The number of halogens is 4. The number of nitrogens with one attached hydrogen (secondary N) is 1. The van der Waals surface area contributed by atoms with E-state index in [-0.39, 0.29) is 5.13 Å². The molecule has 0 radical (unpaired) electrons. The van der Waals surface area contributed by atoms with Gasteiger partial charge >= 0.3 is 0 Å². The van der Waals surface area contributed by atoms with E-state index in [2.05, 4.69) is 15.0 Å². The van der Waals surface area contributed by atoms with Crippen LogP contribution in [-0.4, -0.2) is 18.0 Å². The molecular weight excluding hydrogens is 348 g/mol. The van der Waals surface area contributed by atoms with Crippen LogP contribution in [0.3, 0.4) is 0 Å². The molecule has 3 aromatic rings. The zero-order chi connectivity index (χ0) is 17.4. The number of aromatic nitrogens is 1. The Morgan fingerprint density at radius 3 is 2.29 bits per heavy atom. The highest BCUT2D eigenvalue weighted by Gasteiger charge is 2.30. The van der Waals surface area contributed by atoms with E-state index in [9.17, 15) is 22.4 Å². The van der Waals surface area contributed by atoms with Crippen molar-refractivity contribution < 1.29 is 27.1 Å². The predicted octanol–water partition coefficient (Wildman–Crippen LogP) is 4.11. The maximum atomic E-state index is 13.9. The van der Waals surface area contributed by atoms with E-state index in [4.69, 9.17) is 0 Å². The highest BCUT2D eigenvalue weighted by atomic mass is 32.1. The molecule has 3 rings (SSSR count).